The third kappa shape index (κ3) is 7.16. The number of nitrogens with zero attached hydrogens (tertiary/aromatic N) is 4. The van der Waals surface area contributed by atoms with Crippen molar-refractivity contribution in [2.24, 2.45) is 11.8 Å². The molecular formula is C37H44F2N6O2. The Hall–Kier alpha value is -4.34. The summed E-state index contributed by atoms with van der Waals surface area (Å²) in [5, 5.41) is 0. The van der Waals surface area contributed by atoms with Crippen LogP contribution in [0.2, 0.25) is 0 Å². The topological polar surface area (TPSA) is 98.0 Å². The molecule has 2 aliphatic rings. The summed E-state index contributed by atoms with van der Waals surface area (Å²) in [5.41, 5.74) is 5.61. The molecule has 1 unspecified atom stereocenters. The van der Waals surface area contributed by atoms with Gasteiger partial charge in [0.1, 0.15) is 11.6 Å². The van der Waals surface area contributed by atoms with Gasteiger partial charge < -0.3 is 19.8 Å². The van der Waals surface area contributed by atoms with Gasteiger partial charge in [0.15, 0.2) is 0 Å². The predicted octanol–water partition coefficient (Wildman–Crippen LogP) is 8.19. The van der Waals surface area contributed by atoms with Crippen molar-refractivity contribution in [3.63, 3.8) is 0 Å². The number of aromatic amines is 2. The predicted molar refractivity (Wildman–Crippen MR) is 178 cm³/mol. The molecule has 10 heteroatoms. The van der Waals surface area contributed by atoms with Crippen molar-refractivity contribution in [2.45, 2.75) is 84.2 Å². The molecule has 2 saturated heterocycles. The summed E-state index contributed by atoms with van der Waals surface area (Å²) < 4.78 is 28.8. The van der Waals surface area contributed by atoms with E-state index in [1.54, 1.807) is 6.20 Å². The van der Waals surface area contributed by atoms with Crippen LogP contribution < -0.4 is 0 Å². The molecule has 4 aromatic rings. The van der Waals surface area contributed by atoms with Crippen LogP contribution in [0.3, 0.4) is 0 Å². The van der Waals surface area contributed by atoms with Crippen molar-refractivity contribution in [1.82, 2.24) is 29.7 Å². The van der Waals surface area contributed by atoms with Crippen LogP contribution in [0.1, 0.15) is 90.0 Å². The molecule has 248 valence electrons. The Labute approximate surface area is 275 Å². The number of nitrogens with one attached hydrogen (secondary N) is 2. The van der Waals surface area contributed by atoms with E-state index in [4.69, 9.17) is 0 Å². The summed E-state index contributed by atoms with van der Waals surface area (Å²) in [6.45, 7) is 8.26. The average molecular weight is 643 g/mol. The molecule has 4 heterocycles. The zero-order valence-electron chi connectivity index (χ0n) is 27.6. The highest BCUT2D eigenvalue weighted by Gasteiger charge is 2.48. The van der Waals surface area contributed by atoms with Gasteiger partial charge in [-0.2, -0.15) is 0 Å². The van der Waals surface area contributed by atoms with Crippen LogP contribution in [0.15, 0.2) is 60.9 Å². The number of hydrogen-bond acceptors (Lipinski definition) is 4. The van der Waals surface area contributed by atoms with Crippen LogP contribution in [0, 0.1) is 11.8 Å². The lowest BCUT2D eigenvalue weighted by molar-refractivity contribution is -0.134. The maximum Gasteiger partial charge on any atom is 0.267 e. The summed E-state index contributed by atoms with van der Waals surface area (Å²) in [4.78, 5) is 44.7. The number of benzene rings is 2. The minimum atomic E-state index is -2.94. The number of hydrogen-bond donors (Lipinski definition) is 2. The van der Waals surface area contributed by atoms with Crippen molar-refractivity contribution in [3.8, 4) is 33.6 Å². The molecule has 2 aromatic carbocycles. The molecule has 6 rings (SSSR count). The van der Waals surface area contributed by atoms with Crippen molar-refractivity contribution >= 4 is 11.8 Å². The fourth-order valence-corrected chi connectivity index (χ4v) is 6.69. The van der Waals surface area contributed by atoms with Gasteiger partial charge in [0.25, 0.3) is 5.92 Å². The second-order valence-corrected chi connectivity index (χ2v) is 13.7. The van der Waals surface area contributed by atoms with Gasteiger partial charge in [-0.1, -0.05) is 82.6 Å². The SMILES string of the molecule is CCC(C)CC(=O)N1CCC[C@H]1c1ncc(-c2ccc(-c3ccc(-c4cnc([C@@H]5CC(F)(F)CN5C(=O)CC(C)C)[nH]4)cc3)cc2)[nH]1. The summed E-state index contributed by atoms with van der Waals surface area (Å²) in [6.07, 6.45) is 6.76. The van der Waals surface area contributed by atoms with E-state index in [0.717, 1.165) is 59.6 Å². The van der Waals surface area contributed by atoms with E-state index in [9.17, 15) is 18.4 Å². The van der Waals surface area contributed by atoms with Crippen molar-refractivity contribution in [3.05, 3.63) is 72.6 Å². The molecule has 2 aliphatic heterocycles. The Morgan fingerprint density at radius 1 is 0.809 bits per heavy atom. The highest BCUT2D eigenvalue weighted by Crippen LogP contribution is 2.41. The lowest BCUT2D eigenvalue weighted by atomic mass is 10.0. The first-order valence-corrected chi connectivity index (χ1v) is 16.8. The van der Waals surface area contributed by atoms with E-state index >= 15 is 0 Å². The fraction of sp³-hybridized carbons (Fsp3) is 0.459. The minimum absolute atomic E-state index is 0.00513. The number of H-pyrrole nitrogens is 2. The highest BCUT2D eigenvalue weighted by atomic mass is 19.3. The molecule has 2 aromatic heterocycles. The summed E-state index contributed by atoms with van der Waals surface area (Å²) >= 11 is 0. The van der Waals surface area contributed by atoms with E-state index in [1.165, 1.54) is 4.90 Å². The molecule has 0 aliphatic carbocycles. The normalized spacial score (nSPS) is 19.9. The van der Waals surface area contributed by atoms with E-state index in [-0.39, 0.29) is 30.2 Å². The van der Waals surface area contributed by atoms with Crippen LogP contribution in [0.4, 0.5) is 8.78 Å². The third-order valence-electron chi connectivity index (χ3n) is 9.51. The number of halogens is 2. The first-order chi connectivity index (χ1) is 22.5. The lowest BCUT2D eigenvalue weighted by Crippen LogP contribution is -2.34. The van der Waals surface area contributed by atoms with Crippen LogP contribution >= 0.6 is 0 Å². The van der Waals surface area contributed by atoms with Crippen LogP contribution in [-0.4, -0.2) is 60.6 Å². The number of carbonyl (C=O) groups is 2. The smallest absolute Gasteiger partial charge is 0.267 e. The molecular weight excluding hydrogens is 598 g/mol. The van der Waals surface area contributed by atoms with E-state index in [1.807, 2.05) is 49.2 Å². The standard InChI is InChI=1S/C37H44F2N6O2/c1-5-24(4)18-34(47)44-16-6-7-31(44)35-40-20-29(42-35)27-12-8-25(9-13-27)26-10-14-28(15-11-26)30-21-41-36(43-30)32-19-37(38,39)22-45(32)33(46)17-23(2)3/h8-15,20-21,23-24,31-32H,5-7,16-19,22H2,1-4H3,(H,40,42)(H,41,43)/t24?,31-,32-/m0/s1. The summed E-state index contributed by atoms with van der Waals surface area (Å²) in [5.74, 6) is -1.31. The Bertz CT molecular complexity index is 1690. The molecule has 47 heavy (non-hydrogen) atoms. The summed E-state index contributed by atoms with van der Waals surface area (Å²) in [7, 11) is 0. The Morgan fingerprint density at radius 3 is 1.85 bits per heavy atom. The number of alkyl halides is 2. The molecule has 2 amide bonds. The second-order valence-electron chi connectivity index (χ2n) is 13.7. The molecule has 8 nitrogen and oxygen atoms in total. The average Bonchev–Trinajstić information content (AvgIpc) is 3.86. The van der Waals surface area contributed by atoms with Gasteiger partial charge in [0.05, 0.1) is 42.4 Å². The number of likely N-dealkylation sites (tertiary alicyclic amines) is 2. The van der Waals surface area contributed by atoms with Crippen molar-refractivity contribution < 1.29 is 18.4 Å². The zero-order chi connectivity index (χ0) is 33.3. The first-order valence-electron chi connectivity index (χ1n) is 16.8. The Kier molecular flexibility index (Phi) is 9.30. The Morgan fingerprint density at radius 2 is 1.32 bits per heavy atom. The van der Waals surface area contributed by atoms with Gasteiger partial charge in [-0.05, 0) is 46.9 Å². The maximum absolute atomic E-state index is 14.4. The van der Waals surface area contributed by atoms with Gasteiger partial charge in [0.2, 0.25) is 11.8 Å². The highest BCUT2D eigenvalue weighted by molar-refractivity contribution is 5.78. The minimum Gasteiger partial charge on any atom is -0.340 e. The quantitative estimate of drug-likeness (QED) is 0.182. The second kappa shape index (κ2) is 13.4. The van der Waals surface area contributed by atoms with E-state index < -0.39 is 24.9 Å². The van der Waals surface area contributed by atoms with Crippen molar-refractivity contribution in [2.75, 3.05) is 13.1 Å². The number of amides is 2. The number of rotatable bonds is 10. The monoisotopic (exact) mass is 642 g/mol. The van der Waals surface area contributed by atoms with Crippen LogP contribution in [0.5, 0.6) is 0 Å². The van der Waals surface area contributed by atoms with E-state index in [2.05, 4.69) is 58.0 Å². The summed E-state index contributed by atoms with van der Waals surface area (Å²) in [6, 6.07) is 15.5. The molecule has 2 N–H and O–H groups in total. The van der Waals surface area contributed by atoms with Gasteiger partial charge >= 0.3 is 0 Å². The van der Waals surface area contributed by atoms with Gasteiger partial charge in [0, 0.05) is 25.8 Å². The maximum atomic E-state index is 14.4. The van der Waals surface area contributed by atoms with Crippen molar-refractivity contribution in [1.29, 1.82) is 0 Å². The molecule has 2 fully saturated rings. The lowest BCUT2D eigenvalue weighted by Gasteiger charge is -2.24. The van der Waals surface area contributed by atoms with E-state index in [0.29, 0.717) is 23.9 Å². The number of carbonyl (C=O) groups excluding carboxylic acids is 2. The molecule has 0 saturated carbocycles. The fourth-order valence-electron chi connectivity index (χ4n) is 6.69. The largest absolute Gasteiger partial charge is 0.340 e. The van der Waals surface area contributed by atoms with Gasteiger partial charge in [-0.3, -0.25) is 9.59 Å². The molecule has 0 bridgehead atoms. The van der Waals surface area contributed by atoms with Gasteiger partial charge in [-0.25, -0.2) is 18.7 Å². The molecule has 0 radical (unpaired) electrons. The van der Waals surface area contributed by atoms with Crippen LogP contribution in [-0.2, 0) is 9.59 Å². The number of imidazole rings is 2. The first kappa shape index (κ1) is 32.6. The zero-order valence-corrected chi connectivity index (χ0v) is 27.6. The Balaban J connectivity index is 1.12. The van der Waals surface area contributed by atoms with Gasteiger partial charge in [-0.15, -0.1) is 0 Å². The third-order valence-corrected chi connectivity index (χ3v) is 9.51. The molecule has 3 atom stereocenters. The molecule has 0 spiro atoms. The number of aromatic nitrogens is 4. The van der Waals surface area contributed by atoms with Crippen LogP contribution in [0.25, 0.3) is 33.6 Å².